The summed E-state index contributed by atoms with van der Waals surface area (Å²) in [6.45, 7) is 5.73. The molecular weight excluding hydrogens is 256 g/mol. The van der Waals surface area contributed by atoms with Crippen LogP contribution in [0.1, 0.15) is 50.4 Å². The highest BCUT2D eigenvalue weighted by atomic mass is 16.5. The Morgan fingerprint density at radius 2 is 2.40 bits per heavy atom. The third kappa shape index (κ3) is 2.60. The van der Waals surface area contributed by atoms with Crippen LogP contribution in [-0.4, -0.2) is 48.3 Å². The van der Waals surface area contributed by atoms with Gasteiger partial charge in [-0.2, -0.15) is 4.98 Å². The van der Waals surface area contributed by atoms with Gasteiger partial charge >= 0.3 is 0 Å². The molecule has 0 radical (unpaired) electrons. The lowest BCUT2D eigenvalue weighted by atomic mass is 9.92. The molecule has 0 aliphatic carbocycles. The lowest BCUT2D eigenvalue weighted by molar-refractivity contribution is -0.0264. The van der Waals surface area contributed by atoms with Gasteiger partial charge in [0.15, 0.2) is 0 Å². The van der Waals surface area contributed by atoms with Gasteiger partial charge in [0.05, 0.1) is 12.1 Å². The second-order valence-corrected chi connectivity index (χ2v) is 5.94. The van der Waals surface area contributed by atoms with Crippen LogP contribution in [0.2, 0.25) is 0 Å². The molecule has 6 heteroatoms. The number of ether oxygens (including phenoxy) is 1. The molecule has 1 N–H and O–H groups in total. The van der Waals surface area contributed by atoms with Crippen molar-refractivity contribution in [1.29, 1.82) is 0 Å². The molecule has 20 heavy (non-hydrogen) atoms. The van der Waals surface area contributed by atoms with E-state index in [1.54, 1.807) is 0 Å². The SMILES string of the molecule is CCCC1(c2nc(C3CN(C)CCO3)no2)CCCN1. The van der Waals surface area contributed by atoms with Crippen molar-refractivity contribution in [2.24, 2.45) is 0 Å². The van der Waals surface area contributed by atoms with E-state index in [2.05, 4.69) is 34.3 Å². The normalized spacial score (nSPS) is 31.8. The van der Waals surface area contributed by atoms with Crippen LogP contribution in [0, 0.1) is 0 Å². The second-order valence-electron chi connectivity index (χ2n) is 5.94. The van der Waals surface area contributed by atoms with Gasteiger partial charge in [0, 0.05) is 13.1 Å². The van der Waals surface area contributed by atoms with Gasteiger partial charge < -0.3 is 19.5 Å². The number of aromatic nitrogens is 2. The number of nitrogens with zero attached hydrogens (tertiary/aromatic N) is 3. The zero-order valence-corrected chi connectivity index (χ0v) is 12.4. The minimum absolute atomic E-state index is 0.0636. The van der Waals surface area contributed by atoms with Gasteiger partial charge in [0.1, 0.15) is 6.10 Å². The van der Waals surface area contributed by atoms with Gasteiger partial charge in [0.25, 0.3) is 0 Å². The third-order valence-corrected chi connectivity index (χ3v) is 4.33. The second kappa shape index (κ2) is 5.79. The molecule has 0 bridgehead atoms. The van der Waals surface area contributed by atoms with Crippen LogP contribution in [-0.2, 0) is 10.3 Å². The summed E-state index contributed by atoms with van der Waals surface area (Å²) in [4.78, 5) is 6.89. The molecule has 1 aromatic heterocycles. The summed E-state index contributed by atoms with van der Waals surface area (Å²) in [6.07, 6.45) is 4.33. The van der Waals surface area contributed by atoms with E-state index in [1.165, 1.54) is 6.42 Å². The predicted octanol–water partition coefficient (Wildman–Crippen LogP) is 1.45. The third-order valence-electron chi connectivity index (χ3n) is 4.33. The molecule has 2 aliphatic heterocycles. The summed E-state index contributed by atoms with van der Waals surface area (Å²) in [5, 5.41) is 7.73. The first-order valence-corrected chi connectivity index (χ1v) is 7.63. The monoisotopic (exact) mass is 280 g/mol. The molecular formula is C14H24N4O2. The highest BCUT2D eigenvalue weighted by Crippen LogP contribution is 2.35. The fraction of sp³-hybridized carbons (Fsp3) is 0.857. The Balaban J connectivity index is 1.78. The average Bonchev–Trinajstić information content (AvgIpc) is 3.08. The highest BCUT2D eigenvalue weighted by Gasteiger charge is 2.40. The molecule has 3 rings (SSSR count). The maximum absolute atomic E-state index is 5.76. The Bertz CT molecular complexity index is 442. The van der Waals surface area contributed by atoms with E-state index in [4.69, 9.17) is 9.26 Å². The van der Waals surface area contributed by atoms with E-state index in [9.17, 15) is 0 Å². The molecule has 0 aromatic carbocycles. The van der Waals surface area contributed by atoms with Crippen LogP contribution in [0.4, 0.5) is 0 Å². The smallest absolute Gasteiger partial charge is 0.247 e. The van der Waals surface area contributed by atoms with Gasteiger partial charge in [-0.1, -0.05) is 18.5 Å². The maximum atomic E-state index is 5.76. The standard InChI is InChI=1S/C14H24N4O2/c1-3-5-14(6-4-7-15-14)13-16-12(17-20-13)11-10-18(2)8-9-19-11/h11,15H,3-10H2,1-2H3. The first-order chi connectivity index (χ1) is 9.73. The summed E-state index contributed by atoms with van der Waals surface area (Å²) in [5.41, 5.74) is -0.111. The molecule has 112 valence electrons. The molecule has 2 aliphatic rings. The van der Waals surface area contributed by atoms with Gasteiger partial charge in [-0.15, -0.1) is 0 Å². The van der Waals surface area contributed by atoms with Crippen LogP contribution >= 0.6 is 0 Å². The number of hydrogen-bond acceptors (Lipinski definition) is 6. The summed E-state index contributed by atoms with van der Waals surface area (Å²) in [7, 11) is 2.09. The molecule has 0 spiro atoms. The first-order valence-electron chi connectivity index (χ1n) is 7.63. The van der Waals surface area contributed by atoms with Gasteiger partial charge in [-0.05, 0) is 32.9 Å². The fourth-order valence-electron chi connectivity index (χ4n) is 3.23. The maximum Gasteiger partial charge on any atom is 0.247 e. The van der Waals surface area contributed by atoms with E-state index < -0.39 is 0 Å². The number of morpholine rings is 1. The van der Waals surface area contributed by atoms with Crippen molar-refractivity contribution in [2.45, 2.75) is 44.2 Å². The summed E-state index contributed by atoms with van der Waals surface area (Å²) >= 11 is 0. The van der Waals surface area contributed by atoms with Crippen LogP contribution in [0.25, 0.3) is 0 Å². The minimum atomic E-state index is -0.111. The van der Waals surface area contributed by atoms with Crippen LogP contribution in [0.3, 0.4) is 0 Å². The Morgan fingerprint density at radius 1 is 1.50 bits per heavy atom. The number of nitrogens with one attached hydrogen (secondary N) is 1. The first kappa shape index (κ1) is 14.0. The van der Waals surface area contributed by atoms with E-state index in [-0.39, 0.29) is 11.6 Å². The van der Waals surface area contributed by atoms with Crippen LogP contribution < -0.4 is 5.32 Å². The Hall–Kier alpha value is -0.980. The van der Waals surface area contributed by atoms with Crippen molar-refractivity contribution >= 4 is 0 Å². The quantitative estimate of drug-likeness (QED) is 0.900. The molecule has 1 aromatic rings. The van der Waals surface area contributed by atoms with Crippen LogP contribution in [0.15, 0.2) is 4.52 Å². The van der Waals surface area contributed by atoms with Crippen molar-refractivity contribution in [3.63, 3.8) is 0 Å². The van der Waals surface area contributed by atoms with Crippen molar-refractivity contribution in [2.75, 3.05) is 33.3 Å². The topological polar surface area (TPSA) is 63.4 Å². The lowest BCUT2D eigenvalue weighted by Gasteiger charge is -2.28. The molecule has 2 saturated heterocycles. The molecule has 6 nitrogen and oxygen atoms in total. The van der Waals surface area contributed by atoms with E-state index in [0.29, 0.717) is 5.82 Å². The zero-order chi connectivity index (χ0) is 14.0. The molecule has 2 atom stereocenters. The van der Waals surface area contributed by atoms with Crippen molar-refractivity contribution < 1.29 is 9.26 Å². The number of hydrogen-bond donors (Lipinski definition) is 1. The Kier molecular flexibility index (Phi) is 4.05. The molecule has 2 fully saturated rings. The van der Waals surface area contributed by atoms with Crippen molar-refractivity contribution in [3.8, 4) is 0 Å². The van der Waals surface area contributed by atoms with Gasteiger partial charge in [-0.25, -0.2) is 0 Å². The number of rotatable bonds is 4. The van der Waals surface area contributed by atoms with Gasteiger partial charge in [-0.3, -0.25) is 0 Å². The molecule has 2 unspecified atom stereocenters. The summed E-state index contributed by atoms with van der Waals surface area (Å²) in [6, 6.07) is 0. The van der Waals surface area contributed by atoms with Crippen molar-refractivity contribution in [1.82, 2.24) is 20.4 Å². The Labute approximate surface area is 119 Å². The zero-order valence-electron chi connectivity index (χ0n) is 12.4. The predicted molar refractivity (Wildman–Crippen MR) is 74.3 cm³/mol. The van der Waals surface area contributed by atoms with E-state index in [0.717, 1.165) is 51.4 Å². The molecule has 3 heterocycles. The summed E-state index contributed by atoms with van der Waals surface area (Å²) < 4.78 is 11.3. The van der Waals surface area contributed by atoms with E-state index >= 15 is 0 Å². The van der Waals surface area contributed by atoms with Crippen molar-refractivity contribution in [3.05, 3.63) is 11.7 Å². The fourth-order valence-corrected chi connectivity index (χ4v) is 3.23. The summed E-state index contributed by atoms with van der Waals surface area (Å²) in [5.74, 6) is 1.43. The Morgan fingerprint density at radius 3 is 3.10 bits per heavy atom. The number of likely N-dealkylation sites (N-methyl/N-ethyl adjacent to an activating group) is 1. The molecule has 0 saturated carbocycles. The van der Waals surface area contributed by atoms with Gasteiger partial charge in [0.2, 0.25) is 11.7 Å². The minimum Gasteiger partial charge on any atom is -0.367 e. The van der Waals surface area contributed by atoms with E-state index in [1.807, 2.05) is 0 Å². The lowest BCUT2D eigenvalue weighted by Crippen LogP contribution is -2.37. The highest BCUT2D eigenvalue weighted by molar-refractivity contribution is 5.08. The average molecular weight is 280 g/mol. The largest absolute Gasteiger partial charge is 0.367 e. The molecule has 0 amide bonds. The van der Waals surface area contributed by atoms with Crippen LogP contribution in [0.5, 0.6) is 0 Å².